The minimum Gasteiger partial charge on any atom is -0.449 e. The van der Waals surface area contributed by atoms with Gasteiger partial charge in [0, 0.05) is 14.6 Å². The van der Waals surface area contributed by atoms with Crippen LogP contribution in [-0.2, 0) is 4.74 Å². The van der Waals surface area contributed by atoms with Gasteiger partial charge >= 0.3 is 6.09 Å². The summed E-state index contributed by atoms with van der Waals surface area (Å²) in [6, 6.07) is 1.00. The lowest BCUT2D eigenvalue weighted by atomic mass is 10.2. The topological polar surface area (TPSA) is 50.4 Å². The second kappa shape index (κ2) is 6.84. The molecule has 0 aliphatic heterocycles. The van der Waals surface area contributed by atoms with Crippen LogP contribution < -0.4 is 10.9 Å². The predicted octanol–water partition coefficient (Wildman–Crippen LogP) is 2.21. The molecule has 5 heteroatoms. The molecule has 0 saturated heterocycles. The van der Waals surface area contributed by atoms with Gasteiger partial charge in [0.1, 0.15) is 0 Å². The Bertz CT molecular complexity index is 190. The zero-order chi connectivity index (χ0) is 11.9. The van der Waals surface area contributed by atoms with Gasteiger partial charge in [-0.1, -0.05) is 33.5 Å². The molecule has 0 spiro atoms. The van der Waals surface area contributed by atoms with Crippen molar-refractivity contribution in [1.29, 1.82) is 0 Å². The van der Waals surface area contributed by atoms with Crippen molar-refractivity contribution in [3.63, 3.8) is 0 Å². The highest BCUT2D eigenvalue weighted by Gasteiger charge is 2.13. The fourth-order valence-corrected chi connectivity index (χ4v) is 1.53. The minimum atomic E-state index is -1.10. The molecule has 0 aromatic carbocycles. The highest BCUT2D eigenvalue weighted by molar-refractivity contribution is 6.76. The average Bonchev–Trinajstić information content (AvgIpc) is 2.00. The molecule has 0 heterocycles. The number of carbonyl (C=O) groups is 1. The molecule has 0 unspecified atom stereocenters. The van der Waals surface area contributed by atoms with Crippen molar-refractivity contribution in [2.75, 3.05) is 13.2 Å². The number of hydrogen-bond donors (Lipinski definition) is 2. The van der Waals surface area contributed by atoms with Crippen LogP contribution in [0.1, 0.15) is 13.8 Å². The number of nitrogens with one attached hydrogen (secondary N) is 2. The van der Waals surface area contributed by atoms with Crippen molar-refractivity contribution in [2.45, 2.75) is 39.5 Å². The van der Waals surface area contributed by atoms with Gasteiger partial charge in [0.25, 0.3) is 0 Å². The van der Waals surface area contributed by atoms with E-state index >= 15 is 0 Å². The Kier molecular flexibility index (Phi) is 6.59. The highest BCUT2D eigenvalue weighted by atomic mass is 28.3. The molecule has 0 aromatic rings. The summed E-state index contributed by atoms with van der Waals surface area (Å²) in [5.74, 6) is 0.507. The molecular weight excluding hydrogens is 208 g/mol. The molecule has 2 N–H and O–H groups in total. The SMILES string of the molecule is CC(C)CNNC(=O)OCC[Si](C)(C)C. The molecule has 0 atom stereocenters. The quantitative estimate of drug-likeness (QED) is 0.545. The molecule has 90 valence electrons. The van der Waals surface area contributed by atoms with Crippen LogP contribution in [0.25, 0.3) is 0 Å². The Morgan fingerprint density at radius 3 is 2.40 bits per heavy atom. The third-order valence-corrected chi connectivity index (χ3v) is 3.49. The minimum absolute atomic E-state index is 0.381. The summed E-state index contributed by atoms with van der Waals surface area (Å²) < 4.78 is 5.02. The molecule has 0 aliphatic rings. The molecule has 0 aromatic heterocycles. The van der Waals surface area contributed by atoms with Crippen LogP contribution in [0.2, 0.25) is 25.7 Å². The maximum atomic E-state index is 11.1. The first-order valence-corrected chi connectivity index (χ1v) is 9.17. The molecule has 0 aliphatic carbocycles. The van der Waals surface area contributed by atoms with Crippen molar-refractivity contribution in [3.05, 3.63) is 0 Å². The van der Waals surface area contributed by atoms with Gasteiger partial charge in [-0.25, -0.2) is 10.2 Å². The normalized spacial score (nSPS) is 11.6. The number of ether oxygens (including phenoxy) is 1. The van der Waals surface area contributed by atoms with Crippen LogP contribution in [0.3, 0.4) is 0 Å². The second-order valence-corrected chi connectivity index (χ2v) is 11.0. The lowest BCUT2D eigenvalue weighted by molar-refractivity contribution is 0.146. The molecular formula is C10H24N2O2Si. The fraction of sp³-hybridized carbons (Fsp3) is 0.900. The van der Waals surface area contributed by atoms with Crippen molar-refractivity contribution in [1.82, 2.24) is 10.9 Å². The molecule has 0 saturated carbocycles. The summed E-state index contributed by atoms with van der Waals surface area (Å²) in [7, 11) is -1.10. The number of amides is 1. The number of hydrazine groups is 1. The summed E-state index contributed by atoms with van der Waals surface area (Å²) in [5.41, 5.74) is 5.32. The van der Waals surface area contributed by atoms with E-state index in [2.05, 4.69) is 44.3 Å². The van der Waals surface area contributed by atoms with Crippen molar-refractivity contribution >= 4 is 14.2 Å². The van der Waals surface area contributed by atoms with Gasteiger partial charge in [0.15, 0.2) is 0 Å². The zero-order valence-corrected chi connectivity index (χ0v) is 11.5. The van der Waals surface area contributed by atoms with E-state index in [1.807, 2.05) is 0 Å². The summed E-state index contributed by atoms with van der Waals surface area (Å²) in [5, 5.41) is 0. The van der Waals surface area contributed by atoms with Gasteiger partial charge in [-0.05, 0) is 12.0 Å². The average molecular weight is 232 g/mol. The first-order chi connectivity index (χ1) is 6.81. The van der Waals surface area contributed by atoms with Crippen molar-refractivity contribution < 1.29 is 9.53 Å². The lowest BCUT2D eigenvalue weighted by Crippen LogP contribution is -2.40. The molecule has 15 heavy (non-hydrogen) atoms. The van der Waals surface area contributed by atoms with Crippen LogP contribution in [0, 0.1) is 5.92 Å². The van der Waals surface area contributed by atoms with Crippen molar-refractivity contribution in [3.8, 4) is 0 Å². The summed E-state index contributed by atoms with van der Waals surface area (Å²) >= 11 is 0. The Morgan fingerprint density at radius 2 is 1.93 bits per heavy atom. The first kappa shape index (κ1) is 14.4. The van der Waals surface area contributed by atoms with E-state index in [1.165, 1.54) is 0 Å². The van der Waals surface area contributed by atoms with Gasteiger partial charge in [0.05, 0.1) is 6.61 Å². The van der Waals surface area contributed by atoms with E-state index in [0.29, 0.717) is 12.5 Å². The molecule has 1 amide bonds. The third kappa shape index (κ3) is 11.4. The van der Waals surface area contributed by atoms with Crippen LogP contribution in [0.4, 0.5) is 4.79 Å². The van der Waals surface area contributed by atoms with E-state index < -0.39 is 8.07 Å². The van der Waals surface area contributed by atoms with Gasteiger partial charge in [-0.3, -0.25) is 5.43 Å². The molecule has 0 bridgehead atoms. The number of carbonyl (C=O) groups excluding carboxylic acids is 1. The Morgan fingerprint density at radius 1 is 1.33 bits per heavy atom. The van der Waals surface area contributed by atoms with E-state index in [4.69, 9.17) is 4.74 Å². The zero-order valence-electron chi connectivity index (χ0n) is 10.5. The summed E-state index contributed by atoms with van der Waals surface area (Å²) in [6.45, 7) is 12.2. The van der Waals surface area contributed by atoms with E-state index in [0.717, 1.165) is 12.6 Å². The van der Waals surface area contributed by atoms with E-state index in [9.17, 15) is 4.79 Å². The monoisotopic (exact) mass is 232 g/mol. The number of hydrogen-bond acceptors (Lipinski definition) is 3. The predicted molar refractivity (Wildman–Crippen MR) is 65.5 cm³/mol. The standard InChI is InChI=1S/C10H24N2O2Si/c1-9(2)8-11-12-10(13)14-6-7-15(3,4)5/h9,11H,6-8H2,1-5H3,(H,12,13). The van der Waals surface area contributed by atoms with Crippen molar-refractivity contribution in [2.24, 2.45) is 5.92 Å². The molecule has 4 nitrogen and oxygen atoms in total. The molecule has 0 radical (unpaired) electrons. The lowest BCUT2D eigenvalue weighted by Gasteiger charge is -2.15. The van der Waals surface area contributed by atoms with E-state index in [-0.39, 0.29) is 6.09 Å². The van der Waals surface area contributed by atoms with Crippen LogP contribution in [-0.4, -0.2) is 27.3 Å². The van der Waals surface area contributed by atoms with E-state index in [1.54, 1.807) is 0 Å². The van der Waals surface area contributed by atoms with Crippen LogP contribution in [0.5, 0.6) is 0 Å². The second-order valence-electron chi connectivity index (χ2n) is 5.35. The smallest absolute Gasteiger partial charge is 0.421 e. The Balaban J connectivity index is 3.42. The highest BCUT2D eigenvalue weighted by Crippen LogP contribution is 2.07. The van der Waals surface area contributed by atoms with Crippen LogP contribution >= 0.6 is 0 Å². The van der Waals surface area contributed by atoms with Gasteiger partial charge in [-0.15, -0.1) is 0 Å². The maximum absolute atomic E-state index is 11.1. The van der Waals surface area contributed by atoms with Gasteiger partial charge in [-0.2, -0.15) is 0 Å². The largest absolute Gasteiger partial charge is 0.449 e. The van der Waals surface area contributed by atoms with Crippen LogP contribution in [0.15, 0.2) is 0 Å². The molecule has 0 rings (SSSR count). The summed E-state index contributed by atoms with van der Waals surface area (Å²) in [6.07, 6.45) is -0.381. The third-order valence-electron chi connectivity index (χ3n) is 1.79. The Labute approximate surface area is 93.7 Å². The number of rotatable bonds is 6. The summed E-state index contributed by atoms with van der Waals surface area (Å²) in [4.78, 5) is 11.1. The van der Waals surface area contributed by atoms with Gasteiger partial charge < -0.3 is 4.74 Å². The fourth-order valence-electron chi connectivity index (χ4n) is 0.813. The van der Waals surface area contributed by atoms with Gasteiger partial charge in [0.2, 0.25) is 0 Å². The maximum Gasteiger partial charge on any atom is 0.421 e. The Hall–Kier alpha value is -0.553. The first-order valence-electron chi connectivity index (χ1n) is 5.47. The molecule has 0 fully saturated rings.